The van der Waals surface area contributed by atoms with E-state index in [0.29, 0.717) is 24.6 Å². The Hall–Kier alpha value is -1.88. The number of H-pyrrole nitrogens is 1. The summed E-state index contributed by atoms with van der Waals surface area (Å²) in [7, 11) is 0. The molecule has 1 aromatic heterocycles. The number of rotatable bonds is 2. The third-order valence-electron chi connectivity index (χ3n) is 4.24. The molecular formula is C14H15N3O2. The van der Waals surface area contributed by atoms with Gasteiger partial charge >= 0.3 is 0 Å². The van der Waals surface area contributed by atoms with E-state index in [2.05, 4.69) is 10.2 Å². The van der Waals surface area contributed by atoms with Gasteiger partial charge in [0.2, 0.25) is 0 Å². The molecule has 2 heterocycles. The van der Waals surface area contributed by atoms with Crippen LogP contribution in [-0.2, 0) is 0 Å². The van der Waals surface area contributed by atoms with Gasteiger partial charge in [0.25, 0.3) is 5.91 Å². The lowest BCUT2D eigenvalue weighted by Gasteiger charge is -2.47. The highest BCUT2D eigenvalue weighted by Crippen LogP contribution is 2.44. The molecular weight excluding hydrogens is 242 g/mol. The lowest BCUT2D eigenvalue weighted by atomic mass is 9.88. The molecule has 19 heavy (non-hydrogen) atoms. The Morgan fingerprint density at radius 1 is 1.42 bits per heavy atom. The number of nitrogens with zero attached hydrogens (tertiary/aromatic N) is 2. The number of aromatic amines is 1. The predicted molar refractivity (Wildman–Crippen MR) is 69.7 cm³/mol. The van der Waals surface area contributed by atoms with Crippen LogP contribution >= 0.6 is 0 Å². The van der Waals surface area contributed by atoms with E-state index in [1.165, 1.54) is 0 Å². The van der Waals surface area contributed by atoms with Crippen molar-refractivity contribution >= 4 is 16.8 Å². The zero-order valence-corrected chi connectivity index (χ0v) is 10.5. The van der Waals surface area contributed by atoms with Gasteiger partial charge in [-0.05, 0) is 30.9 Å². The van der Waals surface area contributed by atoms with Crippen LogP contribution in [0.3, 0.4) is 0 Å². The molecule has 5 heteroatoms. The van der Waals surface area contributed by atoms with Crippen LogP contribution < -0.4 is 0 Å². The molecule has 0 radical (unpaired) electrons. The van der Waals surface area contributed by atoms with Gasteiger partial charge in [-0.25, -0.2) is 0 Å². The fourth-order valence-electron chi connectivity index (χ4n) is 2.89. The summed E-state index contributed by atoms with van der Waals surface area (Å²) in [6, 6.07) is 5.52. The Morgan fingerprint density at radius 2 is 2.21 bits per heavy atom. The molecule has 1 saturated heterocycles. The third kappa shape index (κ3) is 1.65. The normalized spacial score (nSPS) is 21.4. The van der Waals surface area contributed by atoms with Crippen molar-refractivity contribution in [2.45, 2.75) is 18.4 Å². The quantitative estimate of drug-likeness (QED) is 0.848. The second kappa shape index (κ2) is 3.57. The number of β-amino-alcohol motifs (C(OH)–C–C–N with tert-alkyl or cyclic N) is 1. The number of carbonyl (C=O) groups excluding carboxylic acids is 1. The van der Waals surface area contributed by atoms with E-state index in [1.807, 2.05) is 18.2 Å². The molecule has 1 aliphatic carbocycles. The first-order valence-corrected chi connectivity index (χ1v) is 6.60. The Balaban J connectivity index is 1.54. The van der Waals surface area contributed by atoms with Crippen LogP contribution in [0.15, 0.2) is 24.4 Å². The second-order valence-electron chi connectivity index (χ2n) is 5.71. The molecule has 5 nitrogen and oxygen atoms in total. The molecule has 2 N–H and O–H groups in total. The van der Waals surface area contributed by atoms with E-state index in [0.717, 1.165) is 23.7 Å². The molecule has 1 aliphatic heterocycles. The number of aliphatic hydroxyl groups is 1. The molecule has 2 aromatic rings. The van der Waals surface area contributed by atoms with Crippen LogP contribution in [0.1, 0.15) is 23.2 Å². The average molecular weight is 257 g/mol. The summed E-state index contributed by atoms with van der Waals surface area (Å²) < 4.78 is 0. The highest BCUT2D eigenvalue weighted by molar-refractivity contribution is 5.98. The zero-order valence-electron chi connectivity index (χ0n) is 10.5. The summed E-state index contributed by atoms with van der Waals surface area (Å²) in [5, 5.41) is 18.0. The number of likely N-dealkylation sites (tertiary alicyclic amines) is 1. The Bertz CT molecular complexity index is 654. The van der Waals surface area contributed by atoms with Gasteiger partial charge in [-0.3, -0.25) is 9.89 Å². The minimum Gasteiger partial charge on any atom is -0.386 e. The van der Waals surface area contributed by atoms with E-state index in [-0.39, 0.29) is 5.91 Å². The van der Waals surface area contributed by atoms with E-state index < -0.39 is 5.60 Å². The molecule has 1 aromatic carbocycles. The number of fused-ring (bicyclic) bond motifs is 1. The lowest BCUT2D eigenvalue weighted by molar-refractivity contribution is -0.0958. The number of hydrogen-bond donors (Lipinski definition) is 2. The zero-order chi connectivity index (χ0) is 13.0. The summed E-state index contributed by atoms with van der Waals surface area (Å²) in [6.07, 6.45) is 3.93. The van der Waals surface area contributed by atoms with Crippen LogP contribution in [0.25, 0.3) is 10.9 Å². The van der Waals surface area contributed by atoms with Gasteiger partial charge in [0.05, 0.1) is 24.8 Å². The van der Waals surface area contributed by atoms with Gasteiger partial charge in [0.15, 0.2) is 0 Å². The lowest BCUT2D eigenvalue weighted by Crippen LogP contribution is -2.64. The fraction of sp³-hybridized carbons (Fsp3) is 0.429. The standard InChI is InChI=1S/C14H15N3O2/c18-13(17-7-14(19,8-17)11-3-4-11)9-1-2-10-6-15-16-12(10)5-9/h1-2,5-6,11,19H,3-4,7-8H2,(H,15,16). The summed E-state index contributed by atoms with van der Waals surface area (Å²) in [5.41, 5.74) is 0.895. The number of hydrogen-bond acceptors (Lipinski definition) is 3. The predicted octanol–water partition coefficient (Wildman–Crippen LogP) is 1.16. The van der Waals surface area contributed by atoms with Crippen molar-refractivity contribution in [2.24, 2.45) is 5.92 Å². The Morgan fingerprint density at radius 3 is 2.95 bits per heavy atom. The molecule has 2 fully saturated rings. The smallest absolute Gasteiger partial charge is 0.254 e. The Labute approximate surface area is 110 Å². The minimum absolute atomic E-state index is 0.0122. The van der Waals surface area contributed by atoms with Crippen LogP contribution in [-0.4, -0.2) is 44.8 Å². The number of benzene rings is 1. The summed E-state index contributed by atoms with van der Waals surface area (Å²) in [5.74, 6) is 0.397. The van der Waals surface area contributed by atoms with Crippen molar-refractivity contribution in [1.82, 2.24) is 15.1 Å². The summed E-state index contributed by atoms with van der Waals surface area (Å²) in [4.78, 5) is 14.0. The molecule has 1 amide bonds. The third-order valence-corrected chi connectivity index (χ3v) is 4.24. The average Bonchev–Trinajstić information content (AvgIpc) is 3.12. The van der Waals surface area contributed by atoms with Gasteiger partial charge < -0.3 is 10.0 Å². The topological polar surface area (TPSA) is 69.2 Å². The van der Waals surface area contributed by atoms with Crippen molar-refractivity contribution in [1.29, 1.82) is 0 Å². The first kappa shape index (κ1) is 11.0. The van der Waals surface area contributed by atoms with Crippen molar-refractivity contribution in [3.05, 3.63) is 30.0 Å². The molecule has 98 valence electrons. The number of aromatic nitrogens is 2. The first-order valence-electron chi connectivity index (χ1n) is 6.60. The monoisotopic (exact) mass is 257 g/mol. The fourth-order valence-corrected chi connectivity index (χ4v) is 2.89. The van der Waals surface area contributed by atoms with Crippen LogP contribution in [0.2, 0.25) is 0 Å². The van der Waals surface area contributed by atoms with E-state index in [9.17, 15) is 9.90 Å². The second-order valence-corrected chi connectivity index (χ2v) is 5.71. The Kier molecular flexibility index (Phi) is 2.07. The van der Waals surface area contributed by atoms with Crippen LogP contribution in [0.4, 0.5) is 0 Å². The molecule has 0 unspecified atom stereocenters. The van der Waals surface area contributed by atoms with Gasteiger partial charge in [0.1, 0.15) is 5.60 Å². The van der Waals surface area contributed by atoms with Gasteiger partial charge in [-0.2, -0.15) is 5.10 Å². The maximum absolute atomic E-state index is 12.3. The summed E-state index contributed by atoms with van der Waals surface area (Å²) >= 11 is 0. The SMILES string of the molecule is O=C(c1ccc2cn[nH]c2c1)N1CC(O)(C2CC2)C1. The first-order chi connectivity index (χ1) is 9.16. The highest BCUT2D eigenvalue weighted by atomic mass is 16.3. The number of carbonyl (C=O) groups is 1. The maximum Gasteiger partial charge on any atom is 0.254 e. The molecule has 2 aliphatic rings. The highest BCUT2D eigenvalue weighted by Gasteiger charge is 2.53. The van der Waals surface area contributed by atoms with Gasteiger partial charge in [-0.15, -0.1) is 0 Å². The van der Waals surface area contributed by atoms with Crippen molar-refractivity contribution < 1.29 is 9.90 Å². The molecule has 0 atom stereocenters. The maximum atomic E-state index is 12.3. The van der Waals surface area contributed by atoms with Crippen molar-refractivity contribution in [3.63, 3.8) is 0 Å². The van der Waals surface area contributed by atoms with E-state index in [1.54, 1.807) is 11.1 Å². The summed E-state index contributed by atoms with van der Waals surface area (Å²) in [6.45, 7) is 0.940. The van der Waals surface area contributed by atoms with Gasteiger partial charge in [-0.1, -0.05) is 6.07 Å². The molecule has 1 saturated carbocycles. The molecule has 0 bridgehead atoms. The largest absolute Gasteiger partial charge is 0.386 e. The van der Waals surface area contributed by atoms with E-state index >= 15 is 0 Å². The van der Waals surface area contributed by atoms with Crippen molar-refractivity contribution in [2.75, 3.05) is 13.1 Å². The minimum atomic E-state index is -0.617. The molecule has 4 rings (SSSR count). The van der Waals surface area contributed by atoms with Gasteiger partial charge in [0, 0.05) is 10.9 Å². The number of nitrogens with one attached hydrogen (secondary N) is 1. The van der Waals surface area contributed by atoms with E-state index in [4.69, 9.17) is 0 Å². The van der Waals surface area contributed by atoms with Crippen LogP contribution in [0.5, 0.6) is 0 Å². The number of amides is 1. The van der Waals surface area contributed by atoms with Crippen molar-refractivity contribution in [3.8, 4) is 0 Å². The van der Waals surface area contributed by atoms with Crippen LogP contribution in [0, 0.1) is 5.92 Å². The molecule has 0 spiro atoms.